The quantitative estimate of drug-likeness (QED) is 0.839. The van der Waals surface area contributed by atoms with Gasteiger partial charge >= 0.3 is 0 Å². The largest absolute Gasteiger partial charge is 0.497 e. The Labute approximate surface area is 157 Å². The van der Waals surface area contributed by atoms with Gasteiger partial charge in [0.15, 0.2) is 0 Å². The van der Waals surface area contributed by atoms with Crippen molar-refractivity contribution in [2.45, 2.75) is 37.4 Å². The van der Waals surface area contributed by atoms with Crippen LogP contribution in [0.25, 0.3) is 11.3 Å². The smallest absolute Gasteiger partial charge is 0.272 e. The molecule has 7 nitrogen and oxygen atoms in total. The summed E-state index contributed by atoms with van der Waals surface area (Å²) in [6.45, 7) is 3.14. The highest BCUT2D eigenvalue weighted by Gasteiger charge is 2.55. The SMILES string of the molecule is COc1ccc2c(c1)CCc1c-2n[nH]c1C(=O)N1CC2(C1)CC(C)(O)CO2. The van der Waals surface area contributed by atoms with E-state index in [9.17, 15) is 9.90 Å². The number of nitrogens with one attached hydrogen (secondary N) is 1. The molecule has 0 saturated carbocycles. The molecule has 1 aliphatic carbocycles. The van der Waals surface area contributed by atoms with Gasteiger partial charge < -0.3 is 19.5 Å². The van der Waals surface area contributed by atoms with Crippen molar-refractivity contribution in [2.75, 3.05) is 26.8 Å². The van der Waals surface area contributed by atoms with Crippen LogP contribution in [0.2, 0.25) is 0 Å². The fourth-order valence-electron chi connectivity index (χ4n) is 4.66. The number of hydrogen-bond acceptors (Lipinski definition) is 5. The monoisotopic (exact) mass is 369 g/mol. The fraction of sp³-hybridized carbons (Fsp3) is 0.500. The molecule has 2 aromatic rings. The first-order chi connectivity index (χ1) is 12.9. The van der Waals surface area contributed by atoms with Gasteiger partial charge in [-0.15, -0.1) is 0 Å². The number of aliphatic hydroxyl groups is 1. The molecule has 0 bridgehead atoms. The van der Waals surface area contributed by atoms with Gasteiger partial charge in [-0.1, -0.05) is 0 Å². The Balaban J connectivity index is 1.38. The summed E-state index contributed by atoms with van der Waals surface area (Å²) in [5.41, 5.74) is 3.48. The molecule has 7 heteroatoms. The van der Waals surface area contributed by atoms with Crippen LogP contribution in [0, 0.1) is 0 Å². The number of likely N-dealkylation sites (tertiary alicyclic amines) is 1. The van der Waals surface area contributed by atoms with Crippen LogP contribution in [0.5, 0.6) is 5.75 Å². The van der Waals surface area contributed by atoms with E-state index in [0.29, 0.717) is 31.8 Å². The van der Waals surface area contributed by atoms with Crippen molar-refractivity contribution in [3.05, 3.63) is 35.0 Å². The fourth-order valence-corrected chi connectivity index (χ4v) is 4.66. The molecule has 2 fully saturated rings. The third kappa shape index (κ3) is 2.56. The van der Waals surface area contributed by atoms with Crippen molar-refractivity contribution in [3.8, 4) is 17.0 Å². The van der Waals surface area contributed by atoms with Gasteiger partial charge in [0.2, 0.25) is 0 Å². The lowest BCUT2D eigenvalue weighted by Crippen LogP contribution is -2.63. The standard InChI is InChI=1S/C20H23N3O4/c1-19(25)8-20(27-11-19)9-23(10-20)18(24)17-15-5-3-12-7-13(26-2)4-6-14(12)16(15)21-22-17/h4,6-7,25H,3,5,8-11H2,1-2H3,(H,21,22). The van der Waals surface area contributed by atoms with Crippen LogP contribution < -0.4 is 4.74 Å². The molecule has 1 aromatic heterocycles. The Hall–Kier alpha value is -2.38. The highest BCUT2D eigenvalue weighted by Crippen LogP contribution is 2.41. The zero-order valence-electron chi connectivity index (χ0n) is 15.5. The number of carbonyl (C=O) groups is 1. The number of fused-ring (bicyclic) bond motifs is 3. The second kappa shape index (κ2) is 5.56. The minimum absolute atomic E-state index is 0.0403. The average molecular weight is 369 g/mol. The summed E-state index contributed by atoms with van der Waals surface area (Å²) in [6, 6.07) is 5.97. The van der Waals surface area contributed by atoms with E-state index in [1.54, 1.807) is 18.9 Å². The van der Waals surface area contributed by atoms with Gasteiger partial charge in [0.25, 0.3) is 5.91 Å². The summed E-state index contributed by atoms with van der Waals surface area (Å²) in [5, 5.41) is 17.5. The normalized spacial score (nSPS) is 25.1. The zero-order valence-corrected chi connectivity index (χ0v) is 15.5. The van der Waals surface area contributed by atoms with Crippen molar-refractivity contribution >= 4 is 5.91 Å². The van der Waals surface area contributed by atoms with E-state index in [1.165, 1.54) is 5.56 Å². The lowest BCUT2D eigenvalue weighted by Gasteiger charge is -2.47. The molecule has 1 amide bonds. The van der Waals surface area contributed by atoms with Gasteiger partial charge in [-0.3, -0.25) is 9.89 Å². The molecule has 27 heavy (non-hydrogen) atoms. The van der Waals surface area contributed by atoms with Gasteiger partial charge in [0, 0.05) is 17.5 Å². The Morgan fingerprint density at radius 1 is 1.37 bits per heavy atom. The molecule has 142 valence electrons. The number of nitrogens with zero attached hydrogens (tertiary/aromatic N) is 2. The van der Waals surface area contributed by atoms with Gasteiger partial charge in [-0.05, 0) is 43.5 Å². The van der Waals surface area contributed by atoms with Gasteiger partial charge in [-0.25, -0.2) is 0 Å². The topological polar surface area (TPSA) is 87.7 Å². The minimum Gasteiger partial charge on any atom is -0.497 e. The highest BCUT2D eigenvalue weighted by atomic mass is 16.5. The van der Waals surface area contributed by atoms with E-state index in [-0.39, 0.29) is 11.5 Å². The molecule has 2 N–H and O–H groups in total. The van der Waals surface area contributed by atoms with E-state index in [0.717, 1.165) is 35.4 Å². The molecule has 5 rings (SSSR count). The Morgan fingerprint density at radius 2 is 2.19 bits per heavy atom. The number of amides is 1. The van der Waals surface area contributed by atoms with Gasteiger partial charge in [0.05, 0.1) is 38.1 Å². The number of ether oxygens (including phenoxy) is 2. The van der Waals surface area contributed by atoms with Crippen molar-refractivity contribution in [1.29, 1.82) is 0 Å². The van der Waals surface area contributed by atoms with Crippen LogP contribution in [-0.4, -0.2) is 64.1 Å². The number of aromatic nitrogens is 2. The summed E-state index contributed by atoms with van der Waals surface area (Å²) < 4.78 is 11.1. The zero-order chi connectivity index (χ0) is 18.8. The minimum atomic E-state index is -0.799. The second-order valence-corrected chi connectivity index (χ2v) is 8.26. The molecule has 3 heterocycles. The number of benzene rings is 1. The first-order valence-electron chi connectivity index (χ1n) is 9.30. The molecule has 1 spiro atoms. The molecule has 0 radical (unpaired) electrons. The van der Waals surface area contributed by atoms with E-state index >= 15 is 0 Å². The molecule has 2 aliphatic heterocycles. The van der Waals surface area contributed by atoms with Crippen LogP contribution in [0.1, 0.15) is 35.0 Å². The summed E-state index contributed by atoms with van der Waals surface area (Å²) >= 11 is 0. The van der Waals surface area contributed by atoms with Crippen molar-refractivity contribution < 1.29 is 19.4 Å². The van der Waals surface area contributed by atoms with E-state index < -0.39 is 5.60 Å². The maximum absolute atomic E-state index is 13.0. The predicted molar refractivity (Wildman–Crippen MR) is 97.8 cm³/mol. The summed E-state index contributed by atoms with van der Waals surface area (Å²) in [5.74, 6) is 0.795. The molecular formula is C20H23N3O4. The first kappa shape index (κ1) is 16.8. The third-order valence-corrected chi connectivity index (χ3v) is 5.93. The first-order valence-corrected chi connectivity index (χ1v) is 9.30. The number of H-pyrrole nitrogens is 1. The van der Waals surface area contributed by atoms with Gasteiger partial charge in [-0.2, -0.15) is 5.10 Å². The van der Waals surface area contributed by atoms with Gasteiger partial charge in [0.1, 0.15) is 17.0 Å². The third-order valence-electron chi connectivity index (χ3n) is 5.93. The number of hydrogen-bond donors (Lipinski definition) is 2. The predicted octanol–water partition coefficient (Wildman–Crippen LogP) is 1.55. The van der Waals surface area contributed by atoms with Crippen LogP contribution in [0.4, 0.5) is 0 Å². The maximum atomic E-state index is 13.0. The van der Waals surface area contributed by atoms with E-state index in [2.05, 4.69) is 10.2 Å². The lowest BCUT2D eigenvalue weighted by atomic mass is 9.85. The van der Waals surface area contributed by atoms with Crippen LogP contribution in [-0.2, 0) is 17.6 Å². The average Bonchev–Trinajstić information content (AvgIpc) is 3.20. The summed E-state index contributed by atoms with van der Waals surface area (Å²) in [4.78, 5) is 14.8. The number of rotatable bonds is 2. The molecule has 3 aliphatic rings. The summed E-state index contributed by atoms with van der Waals surface area (Å²) in [6.07, 6.45) is 2.20. The molecule has 1 atom stereocenters. The maximum Gasteiger partial charge on any atom is 0.272 e. The second-order valence-electron chi connectivity index (χ2n) is 8.26. The Kier molecular flexibility index (Phi) is 3.45. The van der Waals surface area contributed by atoms with Crippen LogP contribution >= 0.6 is 0 Å². The van der Waals surface area contributed by atoms with Crippen LogP contribution in [0.3, 0.4) is 0 Å². The Morgan fingerprint density at radius 3 is 2.89 bits per heavy atom. The highest BCUT2D eigenvalue weighted by molar-refractivity contribution is 5.96. The number of aromatic amines is 1. The molecule has 2 saturated heterocycles. The lowest BCUT2D eigenvalue weighted by molar-refractivity contribution is -0.0956. The van der Waals surface area contributed by atoms with Crippen molar-refractivity contribution in [1.82, 2.24) is 15.1 Å². The van der Waals surface area contributed by atoms with E-state index in [1.807, 2.05) is 18.2 Å². The van der Waals surface area contributed by atoms with Crippen molar-refractivity contribution in [2.24, 2.45) is 0 Å². The van der Waals surface area contributed by atoms with Crippen LogP contribution in [0.15, 0.2) is 18.2 Å². The number of carbonyl (C=O) groups excluding carboxylic acids is 1. The summed E-state index contributed by atoms with van der Waals surface area (Å²) in [7, 11) is 1.66. The van der Waals surface area contributed by atoms with E-state index in [4.69, 9.17) is 9.47 Å². The number of methoxy groups -OCH3 is 1. The molecule has 1 aromatic carbocycles. The number of aryl methyl sites for hydroxylation is 1. The molecular weight excluding hydrogens is 346 g/mol. The molecule has 1 unspecified atom stereocenters. The van der Waals surface area contributed by atoms with Crippen molar-refractivity contribution in [3.63, 3.8) is 0 Å². The Bertz CT molecular complexity index is 927.